The Kier molecular flexibility index (Phi) is 6.32. The number of anilines is 1. The van der Waals surface area contributed by atoms with Gasteiger partial charge in [0.2, 0.25) is 5.91 Å². The Labute approximate surface area is 155 Å². The lowest BCUT2D eigenvalue weighted by molar-refractivity contribution is -0.115. The average Bonchev–Trinajstić information content (AvgIpc) is 2.54. The van der Waals surface area contributed by atoms with Crippen LogP contribution in [-0.2, 0) is 27.8 Å². The van der Waals surface area contributed by atoms with E-state index in [0.29, 0.717) is 17.0 Å². The van der Waals surface area contributed by atoms with Crippen LogP contribution in [0, 0.1) is 0 Å². The van der Waals surface area contributed by atoms with Crippen LogP contribution in [0.2, 0.25) is 0 Å². The molecule has 2 aromatic rings. The number of aromatic carboxylic acids is 1. The van der Waals surface area contributed by atoms with Crippen molar-refractivity contribution >= 4 is 28.4 Å². The maximum Gasteiger partial charge on any atom is 0.335 e. The van der Waals surface area contributed by atoms with Crippen LogP contribution in [-0.4, -0.2) is 25.9 Å². The van der Waals surface area contributed by atoms with Crippen molar-refractivity contribution in [1.82, 2.24) is 0 Å². The van der Waals surface area contributed by atoms with Crippen molar-refractivity contribution in [2.75, 3.05) is 5.32 Å². The highest BCUT2D eigenvalue weighted by atomic mass is 32.2. The number of carbonyl (C=O) groups is 2. The molecule has 2 aromatic carbocycles. The fourth-order valence-corrected chi connectivity index (χ4v) is 3.23. The zero-order chi connectivity index (χ0) is 19.3. The summed E-state index contributed by atoms with van der Waals surface area (Å²) in [6, 6.07) is 13.6. The van der Waals surface area contributed by atoms with Crippen LogP contribution < -0.4 is 5.32 Å². The summed E-state index contributed by atoms with van der Waals surface area (Å²) in [4.78, 5) is 23.2. The van der Waals surface area contributed by atoms with Crippen molar-refractivity contribution in [2.24, 2.45) is 0 Å². The van der Waals surface area contributed by atoms with E-state index in [4.69, 9.17) is 5.11 Å². The standard InChI is InChI=1S/C20H23NO4S/c1-20(2,3)26(25)13-15-7-5-9-17(11-15)21-18(22)12-14-6-4-8-16(10-14)19(23)24/h4-11H,12-13H2,1-3H3,(H,21,22)(H,23,24). The fraction of sp³-hybridized carbons (Fsp3) is 0.300. The van der Waals surface area contributed by atoms with E-state index in [1.54, 1.807) is 18.2 Å². The predicted octanol–water partition coefficient (Wildman–Crippen LogP) is 3.61. The molecule has 0 radical (unpaired) electrons. The molecule has 0 saturated heterocycles. The number of nitrogens with one attached hydrogen (secondary N) is 1. The number of benzene rings is 2. The number of hydrogen-bond acceptors (Lipinski definition) is 3. The lowest BCUT2D eigenvalue weighted by Gasteiger charge is -2.18. The van der Waals surface area contributed by atoms with Gasteiger partial charge >= 0.3 is 5.97 Å². The van der Waals surface area contributed by atoms with E-state index in [-0.39, 0.29) is 22.6 Å². The molecule has 1 atom stereocenters. The first-order valence-electron chi connectivity index (χ1n) is 8.24. The van der Waals surface area contributed by atoms with Gasteiger partial charge in [0.1, 0.15) is 0 Å². The summed E-state index contributed by atoms with van der Waals surface area (Å²) in [7, 11) is -1.02. The molecule has 1 unspecified atom stereocenters. The van der Waals surface area contributed by atoms with Crippen molar-refractivity contribution in [3.8, 4) is 0 Å². The van der Waals surface area contributed by atoms with E-state index in [2.05, 4.69) is 5.32 Å². The van der Waals surface area contributed by atoms with Crippen molar-refractivity contribution < 1.29 is 18.9 Å². The van der Waals surface area contributed by atoms with Gasteiger partial charge in [-0.1, -0.05) is 24.3 Å². The van der Waals surface area contributed by atoms with Gasteiger partial charge in [-0.2, -0.15) is 0 Å². The number of carboxylic acid groups (broad SMARTS) is 1. The molecule has 6 heteroatoms. The van der Waals surface area contributed by atoms with Crippen LogP contribution in [0.3, 0.4) is 0 Å². The molecule has 2 rings (SSSR count). The Balaban J connectivity index is 2.03. The first kappa shape index (κ1) is 19.8. The lowest BCUT2D eigenvalue weighted by atomic mass is 10.1. The highest BCUT2D eigenvalue weighted by Crippen LogP contribution is 2.19. The van der Waals surface area contributed by atoms with E-state index in [1.807, 2.05) is 39.0 Å². The second kappa shape index (κ2) is 8.27. The molecule has 26 heavy (non-hydrogen) atoms. The molecule has 0 aliphatic rings. The van der Waals surface area contributed by atoms with Crippen LogP contribution >= 0.6 is 0 Å². The maximum atomic E-state index is 12.3. The van der Waals surface area contributed by atoms with Gasteiger partial charge in [-0.05, 0) is 56.2 Å². The predicted molar refractivity (Wildman–Crippen MR) is 104 cm³/mol. The number of amides is 1. The number of hydrogen-bond donors (Lipinski definition) is 2. The zero-order valence-electron chi connectivity index (χ0n) is 15.1. The van der Waals surface area contributed by atoms with Crippen LogP contribution in [0.5, 0.6) is 0 Å². The molecule has 138 valence electrons. The Morgan fingerprint density at radius 3 is 2.35 bits per heavy atom. The third-order valence-electron chi connectivity index (χ3n) is 3.73. The molecule has 0 spiro atoms. The molecule has 0 heterocycles. The smallest absolute Gasteiger partial charge is 0.335 e. The van der Waals surface area contributed by atoms with E-state index in [0.717, 1.165) is 5.56 Å². The van der Waals surface area contributed by atoms with Crippen molar-refractivity contribution in [2.45, 2.75) is 37.7 Å². The van der Waals surface area contributed by atoms with Crippen molar-refractivity contribution in [3.05, 3.63) is 65.2 Å². The monoisotopic (exact) mass is 373 g/mol. The van der Waals surface area contributed by atoms with Crippen LogP contribution in [0.1, 0.15) is 42.3 Å². The molecular formula is C20H23NO4S. The van der Waals surface area contributed by atoms with E-state index >= 15 is 0 Å². The van der Waals surface area contributed by atoms with Gasteiger partial charge < -0.3 is 10.4 Å². The summed E-state index contributed by atoms with van der Waals surface area (Å²) in [5.74, 6) is -0.832. The largest absolute Gasteiger partial charge is 0.478 e. The van der Waals surface area contributed by atoms with Crippen molar-refractivity contribution in [1.29, 1.82) is 0 Å². The molecule has 0 bridgehead atoms. The molecule has 0 fully saturated rings. The van der Waals surface area contributed by atoms with Crippen LogP contribution in [0.15, 0.2) is 48.5 Å². The molecular weight excluding hydrogens is 350 g/mol. The quantitative estimate of drug-likeness (QED) is 0.810. The topological polar surface area (TPSA) is 83.5 Å². The third kappa shape index (κ3) is 5.81. The number of rotatable bonds is 6. The lowest BCUT2D eigenvalue weighted by Crippen LogP contribution is -2.23. The van der Waals surface area contributed by atoms with Gasteiger partial charge in [0, 0.05) is 27.0 Å². The highest BCUT2D eigenvalue weighted by molar-refractivity contribution is 7.85. The Morgan fingerprint density at radius 2 is 1.69 bits per heavy atom. The Hall–Kier alpha value is -2.47. The second-order valence-corrected chi connectivity index (χ2v) is 9.24. The third-order valence-corrected chi connectivity index (χ3v) is 5.69. The minimum absolute atomic E-state index is 0.0826. The SMILES string of the molecule is CC(C)(C)S(=O)Cc1cccc(NC(=O)Cc2cccc(C(=O)O)c2)c1. The molecule has 0 aliphatic carbocycles. The van der Waals surface area contributed by atoms with Gasteiger partial charge in [0.05, 0.1) is 12.0 Å². The molecule has 0 aliphatic heterocycles. The van der Waals surface area contributed by atoms with E-state index < -0.39 is 16.8 Å². The van der Waals surface area contributed by atoms with Gasteiger partial charge in [-0.15, -0.1) is 0 Å². The normalized spacial score (nSPS) is 12.4. The molecule has 0 aromatic heterocycles. The van der Waals surface area contributed by atoms with Gasteiger partial charge in [-0.3, -0.25) is 9.00 Å². The summed E-state index contributed by atoms with van der Waals surface area (Å²) in [5.41, 5.74) is 2.31. The summed E-state index contributed by atoms with van der Waals surface area (Å²) in [5, 5.41) is 11.8. The van der Waals surface area contributed by atoms with Gasteiger partial charge in [0.25, 0.3) is 0 Å². The average molecular weight is 373 g/mol. The van der Waals surface area contributed by atoms with E-state index in [9.17, 15) is 13.8 Å². The second-order valence-electron chi connectivity index (χ2n) is 7.03. The number of carboxylic acids is 1. The molecule has 0 saturated carbocycles. The van der Waals surface area contributed by atoms with Gasteiger partial charge in [0.15, 0.2) is 0 Å². The Bertz CT molecular complexity index is 840. The minimum atomic E-state index is -1.02. The summed E-state index contributed by atoms with van der Waals surface area (Å²) in [6.07, 6.45) is 0.0826. The fourth-order valence-electron chi connectivity index (χ4n) is 2.31. The first-order chi connectivity index (χ1) is 12.1. The van der Waals surface area contributed by atoms with Gasteiger partial charge in [-0.25, -0.2) is 4.79 Å². The maximum absolute atomic E-state index is 12.3. The molecule has 5 nitrogen and oxygen atoms in total. The number of carbonyl (C=O) groups excluding carboxylic acids is 1. The van der Waals surface area contributed by atoms with Crippen molar-refractivity contribution in [3.63, 3.8) is 0 Å². The molecule has 2 N–H and O–H groups in total. The van der Waals surface area contributed by atoms with Crippen LogP contribution in [0.25, 0.3) is 0 Å². The molecule has 1 amide bonds. The minimum Gasteiger partial charge on any atom is -0.478 e. The summed E-state index contributed by atoms with van der Waals surface area (Å²) < 4.78 is 12.0. The highest BCUT2D eigenvalue weighted by Gasteiger charge is 2.19. The van der Waals surface area contributed by atoms with E-state index in [1.165, 1.54) is 12.1 Å². The first-order valence-corrected chi connectivity index (χ1v) is 9.56. The van der Waals surface area contributed by atoms with Crippen LogP contribution in [0.4, 0.5) is 5.69 Å². The summed E-state index contributed by atoms with van der Waals surface area (Å²) >= 11 is 0. The zero-order valence-corrected chi connectivity index (χ0v) is 15.9. The summed E-state index contributed by atoms with van der Waals surface area (Å²) in [6.45, 7) is 5.79. The Morgan fingerprint density at radius 1 is 1.04 bits per heavy atom.